The fourth-order valence-electron chi connectivity index (χ4n) is 1.81. The summed E-state index contributed by atoms with van der Waals surface area (Å²) in [5, 5.41) is 23.2. The maximum Gasteiger partial charge on any atom is 0.355 e. The molecule has 0 saturated carbocycles. The van der Waals surface area contributed by atoms with Crippen LogP contribution in [0.1, 0.15) is 12.4 Å². The van der Waals surface area contributed by atoms with E-state index in [0.29, 0.717) is 6.07 Å². The van der Waals surface area contributed by atoms with Gasteiger partial charge in [-0.15, -0.1) is 5.10 Å². The first kappa shape index (κ1) is 15.8. The Bertz CT molecular complexity index is 833. The van der Waals surface area contributed by atoms with Crippen molar-refractivity contribution in [1.29, 1.82) is 0 Å². The van der Waals surface area contributed by atoms with E-state index in [4.69, 9.17) is 11.6 Å². The second-order valence-electron chi connectivity index (χ2n) is 4.03. The zero-order valence-corrected chi connectivity index (χ0v) is 11.4. The molecule has 0 aliphatic heterocycles. The molecule has 0 unspecified atom stereocenters. The number of phenols is 1. The molecular weight excluding hydrogens is 333 g/mol. The lowest BCUT2D eigenvalue weighted by atomic mass is 10.2. The number of aromatic hydroxyl groups is 1. The van der Waals surface area contributed by atoms with Crippen LogP contribution in [0.4, 0.5) is 18.9 Å². The number of benzene rings is 1. The van der Waals surface area contributed by atoms with E-state index in [1.807, 2.05) is 0 Å². The number of nitro groups is 1. The molecule has 1 heterocycles. The Morgan fingerprint density at radius 3 is 2.55 bits per heavy atom. The fraction of sp³-hybridized carbons (Fsp3) is 0.200. The van der Waals surface area contributed by atoms with Crippen molar-refractivity contribution in [3.63, 3.8) is 0 Å². The third kappa shape index (κ3) is 2.28. The Balaban J connectivity index is 2.91. The summed E-state index contributed by atoms with van der Waals surface area (Å²) < 4.78 is 39.4. The van der Waals surface area contributed by atoms with Crippen LogP contribution in [0, 0.1) is 22.9 Å². The first-order valence-corrected chi connectivity index (χ1v) is 5.86. The topological polar surface area (TPSA) is 103 Å². The fourth-order valence-corrected chi connectivity index (χ4v) is 1.99. The number of nitro benzene ring substituents is 1. The van der Waals surface area contributed by atoms with Crippen molar-refractivity contribution >= 4 is 17.3 Å². The van der Waals surface area contributed by atoms with E-state index in [2.05, 4.69) is 5.10 Å². The Morgan fingerprint density at radius 2 is 2.09 bits per heavy atom. The van der Waals surface area contributed by atoms with Gasteiger partial charge in [0.15, 0.2) is 11.5 Å². The molecule has 22 heavy (non-hydrogen) atoms. The van der Waals surface area contributed by atoms with Crippen molar-refractivity contribution in [3.05, 3.63) is 43.3 Å². The maximum absolute atomic E-state index is 14.0. The molecule has 0 spiro atoms. The van der Waals surface area contributed by atoms with Crippen LogP contribution >= 0.6 is 11.6 Å². The zero-order valence-electron chi connectivity index (χ0n) is 10.6. The highest BCUT2D eigenvalue weighted by atomic mass is 35.5. The number of aryl methyl sites for hydroxylation is 1. The number of hydrogen-bond acceptors (Lipinski definition) is 5. The number of rotatable bonds is 3. The molecule has 8 nitrogen and oxygen atoms in total. The summed E-state index contributed by atoms with van der Waals surface area (Å²) in [6, 6.07) is 0.502. The first-order chi connectivity index (χ1) is 10.2. The van der Waals surface area contributed by atoms with E-state index in [1.54, 1.807) is 0 Å². The van der Waals surface area contributed by atoms with Crippen LogP contribution < -0.4 is 5.69 Å². The van der Waals surface area contributed by atoms with Gasteiger partial charge in [-0.25, -0.2) is 13.8 Å². The van der Waals surface area contributed by atoms with Gasteiger partial charge >= 0.3 is 17.9 Å². The molecule has 1 N–H and O–H groups in total. The van der Waals surface area contributed by atoms with E-state index < -0.39 is 51.0 Å². The predicted molar refractivity (Wildman–Crippen MR) is 67.1 cm³/mol. The van der Waals surface area contributed by atoms with Crippen molar-refractivity contribution in [2.75, 3.05) is 0 Å². The van der Waals surface area contributed by atoms with Crippen LogP contribution in [0.2, 0.25) is 5.02 Å². The number of aromatic nitrogens is 3. The molecule has 1 aromatic carbocycles. The highest BCUT2D eigenvalue weighted by Gasteiger charge is 2.31. The van der Waals surface area contributed by atoms with E-state index in [9.17, 15) is 33.2 Å². The van der Waals surface area contributed by atoms with Crippen molar-refractivity contribution in [1.82, 2.24) is 14.3 Å². The molecule has 0 amide bonds. The summed E-state index contributed by atoms with van der Waals surface area (Å²) in [6.45, 7) is -2.24. The third-order valence-electron chi connectivity index (χ3n) is 2.72. The molecule has 0 saturated heterocycles. The van der Waals surface area contributed by atoms with Crippen molar-refractivity contribution in [2.24, 2.45) is 0 Å². The smallest absolute Gasteiger partial charge is 0.355 e. The van der Waals surface area contributed by atoms with Crippen LogP contribution in [-0.4, -0.2) is 24.4 Å². The molecule has 0 atom stereocenters. The number of halogens is 4. The van der Waals surface area contributed by atoms with Crippen molar-refractivity contribution < 1.29 is 23.2 Å². The first-order valence-electron chi connectivity index (χ1n) is 5.48. The Kier molecular flexibility index (Phi) is 3.83. The van der Waals surface area contributed by atoms with Gasteiger partial charge in [0.25, 0.3) is 0 Å². The van der Waals surface area contributed by atoms with E-state index in [-0.39, 0.29) is 9.25 Å². The molecule has 2 aromatic rings. The highest BCUT2D eigenvalue weighted by molar-refractivity contribution is 6.32. The van der Waals surface area contributed by atoms with Gasteiger partial charge in [-0.1, -0.05) is 11.6 Å². The second kappa shape index (κ2) is 5.33. The summed E-state index contributed by atoms with van der Waals surface area (Å²) in [7, 11) is 0. The lowest BCUT2D eigenvalue weighted by Crippen LogP contribution is -2.26. The minimum Gasteiger partial charge on any atom is -0.501 e. The quantitative estimate of drug-likeness (QED) is 0.682. The van der Waals surface area contributed by atoms with E-state index in [0.717, 1.165) is 6.92 Å². The van der Waals surface area contributed by atoms with Gasteiger partial charge in [-0.3, -0.25) is 10.1 Å². The molecule has 0 bridgehead atoms. The number of nitrogens with zero attached hydrogens (tertiary/aromatic N) is 4. The van der Waals surface area contributed by atoms with Gasteiger partial charge in [0.1, 0.15) is 5.82 Å². The molecular formula is C10H6ClF3N4O4. The standard InChI is InChI=1S/C10H6ClF3N4O4/c1-3-15-17(10(20)16(3)9(13)14)6-5(12)2-4(11)8(19)7(6)18(21)22/h2,9,19H,1H3. The SMILES string of the molecule is Cc1nn(-c2c(F)cc(Cl)c(O)c2[N+](=O)[O-])c(=O)n1C(F)F. The predicted octanol–water partition coefficient (Wildman–Crippen LogP) is 2.14. The highest BCUT2D eigenvalue weighted by Crippen LogP contribution is 2.39. The summed E-state index contributed by atoms with van der Waals surface area (Å²) >= 11 is 5.42. The van der Waals surface area contributed by atoms with Crippen LogP contribution in [0.5, 0.6) is 5.75 Å². The number of hydrogen-bond donors (Lipinski definition) is 1. The van der Waals surface area contributed by atoms with Crippen LogP contribution in [-0.2, 0) is 0 Å². The number of alkyl halides is 2. The Morgan fingerprint density at radius 1 is 1.50 bits per heavy atom. The van der Waals surface area contributed by atoms with Gasteiger partial charge in [-0.2, -0.15) is 13.5 Å². The van der Waals surface area contributed by atoms with Gasteiger partial charge in [-0.05, 0) is 13.0 Å². The summed E-state index contributed by atoms with van der Waals surface area (Å²) in [6.07, 6.45) is 0. The molecule has 0 aliphatic rings. The van der Waals surface area contributed by atoms with Crippen molar-refractivity contribution in [2.45, 2.75) is 13.5 Å². The second-order valence-corrected chi connectivity index (χ2v) is 4.44. The van der Waals surface area contributed by atoms with E-state index >= 15 is 0 Å². The number of phenolic OH excluding ortho intramolecular Hbond substituents is 1. The normalized spacial score (nSPS) is 11.2. The minimum absolute atomic E-state index is 0.0744. The lowest BCUT2D eigenvalue weighted by Gasteiger charge is -2.06. The maximum atomic E-state index is 14.0. The summed E-state index contributed by atoms with van der Waals surface area (Å²) in [5.74, 6) is -2.99. The molecule has 12 heteroatoms. The van der Waals surface area contributed by atoms with Crippen LogP contribution in [0.3, 0.4) is 0 Å². The monoisotopic (exact) mass is 338 g/mol. The Hall–Kier alpha value is -2.56. The van der Waals surface area contributed by atoms with Crippen LogP contribution in [0.15, 0.2) is 10.9 Å². The van der Waals surface area contributed by atoms with Crippen molar-refractivity contribution in [3.8, 4) is 11.4 Å². The molecule has 1 aromatic heterocycles. The molecule has 0 fully saturated rings. The molecule has 2 rings (SSSR count). The third-order valence-corrected chi connectivity index (χ3v) is 3.01. The van der Waals surface area contributed by atoms with Gasteiger partial charge in [0.05, 0.1) is 9.95 Å². The van der Waals surface area contributed by atoms with Gasteiger partial charge in [0.2, 0.25) is 5.75 Å². The van der Waals surface area contributed by atoms with Crippen LogP contribution in [0.25, 0.3) is 5.69 Å². The summed E-state index contributed by atoms with van der Waals surface area (Å²) in [5.41, 5.74) is -3.85. The van der Waals surface area contributed by atoms with E-state index in [1.165, 1.54) is 0 Å². The lowest BCUT2D eigenvalue weighted by molar-refractivity contribution is -0.385. The molecule has 0 aliphatic carbocycles. The summed E-state index contributed by atoms with van der Waals surface area (Å²) in [4.78, 5) is 21.6. The van der Waals surface area contributed by atoms with Gasteiger partial charge in [0, 0.05) is 0 Å². The largest absolute Gasteiger partial charge is 0.501 e. The Labute approximate surface area is 124 Å². The van der Waals surface area contributed by atoms with Gasteiger partial charge < -0.3 is 5.11 Å². The average Bonchev–Trinajstić information content (AvgIpc) is 2.68. The molecule has 118 valence electrons. The average molecular weight is 339 g/mol. The minimum atomic E-state index is -3.27. The zero-order chi connectivity index (χ0) is 16.8. The molecule has 0 radical (unpaired) electrons.